The molecular formula is C12H21NO. The molecule has 0 radical (unpaired) electrons. The predicted molar refractivity (Wildman–Crippen MR) is 60.4 cm³/mol. The van der Waals surface area contributed by atoms with Crippen LogP contribution in [0.2, 0.25) is 0 Å². The van der Waals surface area contributed by atoms with Gasteiger partial charge in [-0.2, -0.15) is 0 Å². The maximum absolute atomic E-state index is 5.78. The molecule has 0 aliphatic heterocycles. The fraction of sp³-hybridized carbons (Fsp3) is 0.667. The summed E-state index contributed by atoms with van der Waals surface area (Å²) in [7, 11) is 4.19. The molecule has 1 aliphatic rings. The first kappa shape index (κ1) is 11.5. The predicted octanol–water partition coefficient (Wildman–Crippen LogP) is 2.09. The summed E-state index contributed by atoms with van der Waals surface area (Å²) in [5, 5.41) is 0. The second kappa shape index (κ2) is 5.99. The van der Waals surface area contributed by atoms with Crippen molar-refractivity contribution in [3.8, 4) is 0 Å². The van der Waals surface area contributed by atoms with Crippen LogP contribution in [0.5, 0.6) is 0 Å². The van der Waals surface area contributed by atoms with E-state index in [2.05, 4.69) is 50.2 Å². The zero-order chi connectivity index (χ0) is 10.4. The van der Waals surface area contributed by atoms with Crippen LogP contribution in [-0.2, 0) is 4.74 Å². The minimum absolute atomic E-state index is 0.296. The van der Waals surface area contributed by atoms with Crippen LogP contribution in [0.3, 0.4) is 0 Å². The van der Waals surface area contributed by atoms with E-state index in [1.807, 2.05) is 0 Å². The van der Waals surface area contributed by atoms with Crippen LogP contribution in [0.1, 0.15) is 13.3 Å². The molecule has 0 heterocycles. The highest BCUT2D eigenvalue weighted by Gasteiger charge is 2.09. The molecule has 0 N–H and O–H groups in total. The minimum atomic E-state index is 0.296. The van der Waals surface area contributed by atoms with Crippen LogP contribution >= 0.6 is 0 Å². The van der Waals surface area contributed by atoms with E-state index in [0.29, 0.717) is 12.0 Å². The Bertz CT molecular complexity index is 208. The fourth-order valence-electron chi connectivity index (χ4n) is 1.65. The highest BCUT2D eigenvalue weighted by molar-refractivity contribution is 5.11. The van der Waals surface area contributed by atoms with Gasteiger partial charge in [-0.15, -0.1) is 0 Å². The van der Waals surface area contributed by atoms with Crippen LogP contribution in [0.4, 0.5) is 0 Å². The summed E-state index contributed by atoms with van der Waals surface area (Å²) in [6, 6.07) is 0. The van der Waals surface area contributed by atoms with Crippen molar-refractivity contribution in [1.82, 2.24) is 4.90 Å². The summed E-state index contributed by atoms with van der Waals surface area (Å²) < 4.78 is 5.78. The van der Waals surface area contributed by atoms with E-state index in [0.717, 1.165) is 19.6 Å². The van der Waals surface area contributed by atoms with Crippen LogP contribution in [0.25, 0.3) is 0 Å². The van der Waals surface area contributed by atoms with E-state index >= 15 is 0 Å². The van der Waals surface area contributed by atoms with Crippen molar-refractivity contribution in [2.24, 2.45) is 5.92 Å². The molecular weight excluding hydrogens is 174 g/mol. The maximum Gasteiger partial charge on any atom is 0.0793 e. The molecule has 0 fully saturated rings. The second-order valence-electron chi connectivity index (χ2n) is 4.29. The largest absolute Gasteiger partial charge is 0.373 e. The molecule has 2 nitrogen and oxygen atoms in total. The quantitative estimate of drug-likeness (QED) is 0.666. The summed E-state index contributed by atoms with van der Waals surface area (Å²) in [6.07, 6.45) is 9.73. The SMILES string of the molecule is CC(COC1C=CC=CC1)CN(C)C. The molecule has 80 valence electrons. The zero-order valence-electron chi connectivity index (χ0n) is 9.44. The summed E-state index contributed by atoms with van der Waals surface area (Å²) in [4.78, 5) is 2.20. The lowest BCUT2D eigenvalue weighted by Gasteiger charge is -2.20. The molecule has 0 saturated carbocycles. The first-order valence-corrected chi connectivity index (χ1v) is 5.28. The van der Waals surface area contributed by atoms with Crippen molar-refractivity contribution < 1.29 is 4.74 Å². The van der Waals surface area contributed by atoms with Gasteiger partial charge in [0.2, 0.25) is 0 Å². The van der Waals surface area contributed by atoms with Gasteiger partial charge < -0.3 is 9.64 Å². The number of rotatable bonds is 5. The van der Waals surface area contributed by atoms with Gasteiger partial charge in [0.15, 0.2) is 0 Å². The average Bonchev–Trinajstić information content (AvgIpc) is 2.15. The summed E-state index contributed by atoms with van der Waals surface area (Å²) in [6.45, 7) is 4.16. The topological polar surface area (TPSA) is 12.5 Å². The Morgan fingerprint density at radius 2 is 2.21 bits per heavy atom. The van der Waals surface area contributed by atoms with Crippen LogP contribution < -0.4 is 0 Å². The van der Waals surface area contributed by atoms with Gasteiger partial charge in [0.25, 0.3) is 0 Å². The molecule has 0 amide bonds. The Kier molecular flexibility index (Phi) is 4.91. The van der Waals surface area contributed by atoms with Crippen molar-refractivity contribution in [2.45, 2.75) is 19.4 Å². The first-order valence-electron chi connectivity index (χ1n) is 5.28. The molecule has 2 heteroatoms. The van der Waals surface area contributed by atoms with Gasteiger partial charge in [0, 0.05) is 6.54 Å². The molecule has 1 rings (SSSR count). The molecule has 0 aromatic carbocycles. The summed E-state index contributed by atoms with van der Waals surface area (Å²) in [5.74, 6) is 0.601. The molecule has 1 aliphatic carbocycles. The minimum Gasteiger partial charge on any atom is -0.373 e. The van der Waals surface area contributed by atoms with E-state index in [1.54, 1.807) is 0 Å². The lowest BCUT2D eigenvalue weighted by atomic mass is 10.1. The second-order valence-corrected chi connectivity index (χ2v) is 4.29. The summed E-state index contributed by atoms with van der Waals surface area (Å²) >= 11 is 0. The lowest BCUT2D eigenvalue weighted by molar-refractivity contribution is 0.0556. The van der Waals surface area contributed by atoms with E-state index in [1.165, 1.54) is 0 Å². The number of hydrogen-bond donors (Lipinski definition) is 0. The zero-order valence-corrected chi connectivity index (χ0v) is 9.44. The Hall–Kier alpha value is -0.600. The van der Waals surface area contributed by atoms with Crippen LogP contribution in [0, 0.1) is 5.92 Å². The van der Waals surface area contributed by atoms with E-state index in [9.17, 15) is 0 Å². The van der Waals surface area contributed by atoms with Gasteiger partial charge in [0.1, 0.15) is 0 Å². The van der Waals surface area contributed by atoms with Gasteiger partial charge in [-0.3, -0.25) is 0 Å². The summed E-state index contributed by atoms with van der Waals surface area (Å²) in [5.41, 5.74) is 0. The highest BCUT2D eigenvalue weighted by atomic mass is 16.5. The van der Waals surface area contributed by atoms with Crippen LogP contribution in [-0.4, -0.2) is 38.3 Å². The van der Waals surface area contributed by atoms with Crippen LogP contribution in [0.15, 0.2) is 24.3 Å². The van der Waals surface area contributed by atoms with E-state index in [-0.39, 0.29) is 0 Å². The average molecular weight is 195 g/mol. The van der Waals surface area contributed by atoms with Crippen molar-refractivity contribution in [3.63, 3.8) is 0 Å². The number of ether oxygens (including phenoxy) is 1. The Labute approximate surface area is 87.2 Å². The maximum atomic E-state index is 5.78. The van der Waals surface area contributed by atoms with Gasteiger partial charge >= 0.3 is 0 Å². The van der Waals surface area contributed by atoms with Gasteiger partial charge in [-0.1, -0.05) is 31.2 Å². The molecule has 0 aromatic heterocycles. The molecule has 14 heavy (non-hydrogen) atoms. The third kappa shape index (κ3) is 4.58. The lowest BCUT2D eigenvalue weighted by Crippen LogP contribution is -2.25. The molecule has 0 saturated heterocycles. The van der Waals surface area contributed by atoms with Crippen molar-refractivity contribution >= 4 is 0 Å². The van der Waals surface area contributed by atoms with E-state index in [4.69, 9.17) is 4.74 Å². The highest BCUT2D eigenvalue weighted by Crippen LogP contribution is 2.09. The standard InChI is InChI=1S/C12H21NO/c1-11(9-13(2)3)10-14-12-7-5-4-6-8-12/h4-7,11-12H,8-10H2,1-3H3. The van der Waals surface area contributed by atoms with Gasteiger partial charge in [0.05, 0.1) is 12.7 Å². The Morgan fingerprint density at radius 3 is 2.79 bits per heavy atom. The smallest absolute Gasteiger partial charge is 0.0793 e. The number of allylic oxidation sites excluding steroid dienone is 2. The Balaban J connectivity index is 2.13. The molecule has 0 aromatic rings. The Morgan fingerprint density at radius 1 is 1.43 bits per heavy atom. The van der Waals surface area contributed by atoms with E-state index < -0.39 is 0 Å². The normalized spacial score (nSPS) is 23.0. The van der Waals surface area contributed by atoms with Gasteiger partial charge in [-0.05, 0) is 26.4 Å². The molecule has 2 atom stereocenters. The molecule has 0 bridgehead atoms. The first-order chi connectivity index (χ1) is 6.68. The van der Waals surface area contributed by atoms with Crippen molar-refractivity contribution in [2.75, 3.05) is 27.2 Å². The van der Waals surface area contributed by atoms with Crippen molar-refractivity contribution in [1.29, 1.82) is 0 Å². The molecule has 2 unspecified atom stereocenters. The third-order valence-electron chi connectivity index (χ3n) is 2.21. The third-order valence-corrected chi connectivity index (χ3v) is 2.21. The number of hydrogen-bond acceptors (Lipinski definition) is 2. The fourth-order valence-corrected chi connectivity index (χ4v) is 1.65. The monoisotopic (exact) mass is 195 g/mol. The number of nitrogens with zero attached hydrogens (tertiary/aromatic N) is 1. The molecule has 0 spiro atoms. The van der Waals surface area contributed by atoms with Gasteiger partial charge in [-0.25, -0.2) is 0 Å². The van der Waals surface area contributed by atoms with Crippen molar-refractivity contribution in [3.05, 3.63) is 24.3 Å².